The number of allylic oxidation sites excluding steroid dienone is 3. The molecule has 0 fully saturated rings. The molecular formula is C20H26O3Si. The van der Waals surface area contributed by atoms with E-state index < -0.39 is 8.32 Å². The van der Waals surface area contributed by atoms with Gasteiger partial charge in [-0.2, -0.15) is 0 Å². The van der Waals surface area contributed by atoms with Crippen LogP contribution in [0.3, 0.4) is 0 Å². The van der Waals surface area contributed by atoms with Gasteiger partial charge in [0.2, 0.25) is 0 Å². The van der Waals surface area contributed by atoms with E-state index in [1.165, 1.54) is 6.92 Å². The molecule has 4 heteroatoms. The summed E-state index contributed by atoms with van der Waals surface area (Å²) in [5.41, 5.74) is 0. The molecule has 0 unspecified atom stereocenters. The normalized spacial score (nSPS) is 11.1. The van der Waals surface area contributed by atoms with Crippen molar-refractivity contribution in [1.29, 1.82) is 0 Å². The van der Waals surface area contributed by atoms with Gasteiger partial charge < -0.3 is 9.16 Å². The standard InChI is InChI=1S/C20H26O3Si/c1-19(21)22-17-15-13-11-9-7-8-10-12-14-16-18-23-24(5,6)20(2,3)4/h9,11,13,15H,17-18H2,1-6H3/b11-9+,15-13+. The largest absolute Gasteiger partial charge is 0.462 e. The van der Waals surface area contributed by atoms with Gasteiger partial charge in [-0.25, -0.2) is 0 Å². The highest BCUT2D eigenvalue weighted by atomic mass is 28.4. The first-order chi connectivity index (χ1) is 11.2. The molecule has 0 saturated carbocycles. The first-order valence-corrected chi connectivity index (χ1v) is 10.6. The van der Waals surface area contributed by atoms with Crippen molar-refractivity contribution in [3.8, 4) is 35.5 Å². The van der Waals surface area contributed by atoms with E-state index in [4.69, 9.17) is 9.16 Å². The zero-order valence-electron chi connectivity index (χ0n) is 15.4. The fraction of sp³-hybridized carbons (Fsp3) is 0.450. The van der Waals surface area contributed by atoms with E-state index in [1.54, 1.807) is 24.3 Å². The van der Waals surface area contributed by atoms with Crippen molar-refractivity contribution in [3.63, 3.8) is 0 Å². The summed E-state index contributed by atoms with van der Waals surface area (Å²) < 4.78 is 10.6. The number of hydrogen-bond acceptors (Lipinski definition) is 3. The van der Waals surface area contributed by atoms with E-state index in [0.717, 1.165) is 0 Å². The summed E-state index contributed by atoms with van der Waals surface area (Å²) in [4.78, 5) is 10.5. The number of carbonyl (C=O) groups is 1. The van der Waals surface area contributed by atoms with E-state index in [9.17, 15) is 4.79 Å². The average molecular weight is 343 g/mol. The smallest absolute Gasteiger partial charge is 0.302 e. The van der Waals surface area contributed by atoms with Crippen molar-refractivity contribution in [2.24, 2.45) is 0 Å². The predicted molar refractivity (Wildman–Crippen MR) is 101 cm³/mol. The summed E-state index contributed by atoms with van der Waals surface area (Å²) in [6, 6.07) is 0. The fourth-order valence-electron chi connectivity index (χ4n) is 1.06. The van der Waals surface area contributed by atoms with Crippen LogP contribution in [0.5, 0.6) is 0 Å². The Morgan fingerprint density at radius 3 is 2.38 bits per heavy atom. The molecule has 0 aromatic heterocycles. The Morgan fingerprint density at radius 2 is 1.75 bits per heavy atom. The fourth-order valence-corrected chi connectivity index (χ4v) is 1.92. The molecule has 0 aromatic rings. The first kappa shape index (κ1) is 21.8. The van der Waals surface area contributed by atoms with Gasteiger partial charge in [-0.3, -0.25) is 4.79 Å². The van der Waals surface area contributed by atoms with Crippen molar-refractivity contribution < 1.29 is 14.0 Å². The first-order valence-electron chi connectivity index (χ1n) is 7.74. The summed E-state index contributed by atoms with van der Waals surface area (Å²) in [7, 11) is -1.73. The molecule has 0 amide bonds. The number of rotatable bonds is 5. The van der Waals surface area contributed by atoms with Gasteiger partial charge in [-0.15, -0.1) is 0 Å². The molecule has 0 bridgehead atoms. The third kappa shape index (κ3) is 11.4. The van der Waals surface area contributed by atoms with Gasteiger partial charge in [-0.05, 0) is 54.0 Å². The minimum atomic E-state index is -1.73. The highest BCUT2D eigenvalue weighted by Crippen LogP contribution is 2.36. The van der Waals surface area contributed by atoms with Gasteiger partial charge in [-0.1, -0.05) is 44.8 Å². The second-order valence-electron chi connectivity index (χ2n) is 6.46. The molecule has 0 atom stereocenters. The number of carbonyl (C=O) groups excluding carboxylic acids is 1. The van der Waals surface area contributed by atoms with E-state index in [1.807, 2.05) is 0 Å². The topological polar surface area (TPSA) is 35.5 Å². The third-order valence-corrected chi connectivity index (χ3v) is 7.95. The third-order valence-electron chi connectivity index (χ3n) is 3.47. The Balaban J connectivity index is 4.13. The molecule has 0 rings (SSSR count). The molecule has 0 aromatic carbocycles. The minimum absolute atomic E-state index is 0.185. The van der Waals surface area contributed by atoms with Crippen LogP contribution in [0.15, 0.2) is 24.3 Å². The summed E-state index contributed by atoms with van der Waals surface area (Å²) >= 11 is 0. The van der Waals surface area contributed by atoms with Crippen LogP contribution in [0.1, 0.15) is 27.7 Å². The van der Waals surface area contributed by atoms with Gasteiger partial charge >= 0.3 is 5.97 Å². The summed E-state index contributed by atoms with van der Waals surface area (Å²) in [6.07, 6.45) is 6.88. The Labute approximate surface area is 147 Å². The zero-order chi connectivity index (χ0) is 18.5. The van der Waals surface area contributed by atoms with Gasteiger partial charge in [0.1, 0.15) is 6.61 Å². The van der Waals surface area contributed by atoms with Gasteiger partial charge in [0, 0.05) is 6.92 Å². The van der Waals surface area contributed by atoms with Crippen molar-refractivity contribution >= 4 is 14.3 Å². The highest BCUT2D eigenvalue weighted by molar-refractivity contribution is 6.74. The Morgan fingerprint density at radius 1 is 1.08 bits per heavy atom. The molecule has 0 spiro atoms. The molecule has 0 radical (unpaired) electrons. The summed E-state index contributed by atoms with van der Waals surface area (Å²) in [5, 5.41) is 0.185. The summed E-state index contributed by atoms with van der Waals surface area (Å²) in [6.45, 7) is 13.0. The lowest BCUT2D eigenvalue weighted by Gasteiger charge is -2.35. The molecule has 0 aliphatic carbocycles. The number of ether oxygens (including phenoxy) is 1. The van der Waals surface area contributed by atoms with E-state index in [2.05, 4.69) is 69.4 Å². The van der Waals surface area contributed by atoms with Gasteiger partial charge in [0.15, 0.2) is 8.32 Å². The van der Waals surface area contributed by atoms with Crippen LogP contribution in [0.4, 0.5) is 0 Å². The Bertz CT molecular complexity index is 645. The number of esters is 1. The molecule has 0 saturated heterocycles. The summed E-state index contributed by atoms with van der Waals surface area (Å²) in [5.74, 6) is 16.1. The lowest BCUT2D eigenvalue weighted by atomic mass is 10.2. The predicted octanol–water partition coefficient (Wildman–Crippen LogP) is 3.69. The SMILES string of the molecule is CC(=O)OC/C=C/C=C/C#CC#CC#CCO[Si](C)(C)C(C)(C)C. The maximum absolute atomic E-state index is 10.5. The van der Waals surface area contributed by atoms with Crippen LogP contribution in [-0.4, -0.2) is 27.5 Å². The van der Waals surface area contributed by atoms with Crippen LogP contribution in [-0.2, 0) is 14.0 Å². The molecule has 128 valence electrons. The maximum atomic E-state index is 10.5. The van der Waals surface area contributed by atoms with Crippen molar-refractivity contribution in [2.75, 3.05) is 13.2 Å². The lowest BCUT2D eigenvalue weighted by molar-refractivity contribution is -0.139. The zero-order valence-corrected chi connectivity index (χ0v) is 16.4. The second-order valence-corrected chi connectivity index (χ2v) is 11.3. The van der Waals surface area contributed by atoms with Crippen LogP contribution < -0.4 is 0 Å². The molecule has 0 aliphatic heterocycles. The molecular weight excluding hydrogens is 316 g/mol. The van der Waals surface area contributed by atoms with Crippen molar-refractivity contribution in [2.45, 2.75) is 45.8 Å². The van der Waals surface area contributed by atoms with E-state index in [0.29, 0.717) is 6.61 Å². The second kappa shape index (κ2) is 11.4. The highest BCUT2D eigenvalue weighted by Gasteiger charge is 2.36. The van der Waals surface area contributed by atoms with E-state index in [-0.39, 0.29) is 17.6 Å². The van der Waals surface area contributed by atoms with Gasteiger partial charge in [0.25, 0.3) is 0 Å². The van der Waals surface area contributed by atoms with Crippen LogP contribution in [0.25, 0.3) is 0 Å². The average Bonchev–Trinajstić information content (AvgIpc) is 2.46. The molecule has 24 heavy (non-hydrogen) atoms. The molecule has 0 aliphatic rings. The quantitative estimate of drug-likeness (QED) is 0.331. The van der Waals surface area contributed by atoms with Crippen LogP contribution in [0.2, 0.25) is 18.1 Å². The minimum Gasteiger partial charge on any atom is -0.462 e. The van der Waals surface area contributed by atoms with E-state index >= 15 is 0 Å². The number of hydrogen-bond donors (Lipinski definition) is 0. The van der Waals surface area contributed by atoms with Crippen molar-refractivity contribution in [3.05, 3.63) is 24.3 Å². The van der Waals surface area contributed by atoms with Gasteiger partial charge in [0.05, 0.1) is 6.61 Å². The molecule has 0 N–H and O–H groups in total. The van der Waals surface area contributed by atoms with Crippen molar-refractivity contribution in [1.82, 2.24) is 0 Å². The van der Waals surface area contributed by atoms with Crippen LogP contribution in [0, 0.1) is 35.5 Å². The van der Waals surface area contributed by atoms with Crippen LogP contribution >= 0.6 is 0 Å². The Hall–Kier alpha value is -2.19. The lowest BCUT2D eigenvalue weighted by Crippen LogP contribution is -2.40. The maximum Gasteiger partial charge on any atom is 0.302 e. The molecule has 3 nitrogen and oxygen atoms in total. The molecule has 0 heterocycles. The Kier molecular flexibility index (Phi) is 10.3. The monoisotopic (exact) mass is 342 g/mol.